The number of phenols is 1. The van der Waals surface area contributed by atoms with E-state index in [0.717, 1.165) is 5.56 Å². The fourth-order valence-electron chi connectivity index (χ4n) is 2.10. The van der Waals surface area contributed by atoms with E-state index in [-0.39, 0.29) is 31.3 Å². The molecule has 2 N–H and O–H groups in total. The molecule has 0 aliphatic rings. The molecule has 0 aromatic heterocycles. The lowest BCUT2D eigenvalue weighted by molar-refractivity contribution is -0.145. The van der Waals surface area contributed by atoms with Gasteiger partial charge < -0.3 is 14.9 Å². The number of esters is 1. The summed E-state index contributed by atoms with van der Waals surface area (Å²) in [5.41, 5.74) is 1.32. The van der Waals surface area contributed by atoms with E-state index in [9.17, 15) is 9.90 Å². The molecule has 0 fully saturated rings. The summed E-state index contributed by atoms with van der Waals surface area (Å²) in [6.07, 6.45) is 0.244. The molecule has 4 nitrogen and oxygen atoms in total. The summed E-state index contributed by atoms with van der Waals surface area (Å²) in [4.78, 5) is 11.9. The highest BCUT2D eigenvalue weighted by molar-refractivity contribution is 5.79. The van der Waals surface area contributed by atoms with Crippen molar-refractivity contribution in [3.8, 4) is 5.75 Å². The Kier molecular flexibility index (Phi) is 5.83. The van der Waals surface area contributed by atoms with Crippen molar-refractivity contribution in [1.29, 1.82) is 0 Å². The van der Waals surface area contributed by atoms with E-state index >= 15 is 0 Å². The molecule has 106 valence electrons. The predicted molar refractivity (Wildman–Crippen MR) is 73.3 cm³/mol. The van der Waals surface area contributed by atoms with Gasteiger partial charge in [-0.05, 0) is 24.8 Å². The van der Waals surface area contributed by atoms with Crippen molar-refractivity contribution in [2.75, 3.05) is 13.2 Å². The summed E-state index contributed by atoms with van der Waals surface area (Å²) >= 11 is 0. The lowest BCUT2D eigenvalue weighted by Crippen LogP contribution is -2.17. The van der Waals surface area contributed by atoms with Crippen LogP contribution in [0.1, 0.15) is 50.2 Å². The number of aliphatic hydroxyl groups excluding tert-OH is 1. The van der Waals surface area contributed by atoms with Crippen molar-refractivity contribution in [3.05, 3.63) is 29.3 Å². The molecular weight excluding hydrogens is 244 g/mol. The van der Waals surface area contributed by atoms with E-state index in [4.69, 9.17) is 9.84 Å². The molecule has 0 heterocycles. The predicted octanol–water partition coefficient (Wildman–Crippen LogP) is 2.54. The van der Waals surface area contributed by atoms with Crippen LogP contribution in [0.2, 0.25) is 0 Å². The van der Waals surface area contributed by atoms with Crippen LogP contribution in [0.25, 0.3) is 0 Å². The second-order valence-corrected chi connectivity index (χ2v) is 4.76. The number of aliphatic hydroxyl groups is 1. The van der Waals surface area contributed by atoms with Crippen LogP contribution >= 0.6 is 0 Å². The Morgan fingerprint density at radius 2 is 1.95 bits per heavy atom. The van der Waals surface area contributed by atoms with Gasteiger partial charge in [0.15, 0.2) is 0 Å². The summed E-state index contributed by atoms with van der Waals surface area (Å²) in [5, 5.41) is 19.4. The van der Waals surface area contributed by atoms with Crippen molar-refractivity contribution in [1.82, 2.24) is 0 Å². The number of aromatic hydroxyl groups is 1. The minimum Gasteiger partial charge on any atom is -0.507 e. The molecular formula is C15H22O4. The molecule has 1 aromatic rings. The van der Waals surface area contributed by atoms with Gasteiger partial charge >= 0.3 is 5.97 Å². The number of carbonyl (C=O) groups excluding carboxylic acids is 1. The maximum atomic E-state index is 11.9. The number of phenolic OH excluding ortho intramolecular Hbond substituents is 1. The van der Waals surface area contributed by atoms with E-state index in [1.54, 1.807) is 13.0 Å². The quantitative estimate of drug-likeness (QED) is 0.776. The van der Waals surface area contributed by atoms with Crippen molar-refractivity contribution in [3.63, 3.8) is 0 Å². The Morgan fingerprint density at radius 3 is 2.47 bits per heavy atom. The fraction of sp³-hybridized carbons (Fsp3) is 0.533. The van der Waals surface area contributed by atoms with Gasteiger partial charge in [-0.2, -0.15) is 0 Å². The molecule has 1 atom stereocenters. The van der Waals surface area contributed by atoms with Gasteiger partial charge in [0.1, 0.15) is 5.75 Å². The normalized spacial score (nSPS) is 12.5. The van der Waals surface area contributed by atoms with E-state index < -0.39 is 11.9 Å². The lowest BCUT2D eigenvalue weighted by atomic mass is 9.90. The first-order valence-electron chi connectivity index (χ1n) is 6.62. The van der Waals surface area contributed by atoms with Crippen molar-refractivity contribution < 1.29 is 19.7 Å². The molecule has 1 aromatic carbocycles. The zero-order valence-corrected chi connectivity index (χ0v) is 11.7. The number of para-hydroxylation sites is 1. The average molecular weight is 266 g/mol. The molecule has 0 spiro atoms. The van der Waals surface area contributed by atoms with Crippen molar-refractivity contribution in [2.45, 2.75) is 39.0 Å². The molecule has 19 heavy (non-hydrogen) atoms. The van der Waals surface area contributed by atoms with Crippen LogP contribution in [0.4, 0.5) is 0 Å². The molecule has 0 radical (unpaired) electrons. The Morgan fingerprint density at radius 1 is 1.32 bits per heavy atom. The maximum absolute atomic E-state index is 11.9. The number of benzene rings is 1. The van der Waals surface area contributed by atoms with Gasteiger partial charge in [0, 0.05) is 12.2 Å². The third-order valence-electron chi connectivity index (χ3n) is 3.08. The standard InChI is InChI=1S/C15H22O4/c1-4-19-15(18)13(8-9-16)12-7-5-6-11(10(2)3)14(12)17/h5-7,10,13,16-17H,4,8-9H2,1-3H3. The summed E-state index contributed by atoms with van der Waals surface area (Å²) in [5.74, 6) is -0.739. The van der Waals surface area contributed by atoms with Gasteiger partial charge in [0.05, 0.1) is 12.5 Å². The first-order valence-corrected chi connectivity index (χ1v) is 6.62. The van der Waals surface area contributed by atoms with Crippen LogP contribution in [0.15, 0.2) is 18.2 Å². The highest BCUT2D eigenvalue weighted by atomic mass is 16.5. The van der Waals surface area contributed by atoms with Crippen LogP contribution in [0, 0.1) is 0 Å². The minimum absolute atomic E-state index is 0.129. The number of carbonyl (C=O) groups is 1. The molecule has 0 aliphatic heterocycles. The second-order valence-electron chi connectivity index (χ2n) is 4.76. The first-order chi connectivity index (χ1) is 9.02. The highest BCUT2D eigenvalue weighted by Gasteiger charge is 2.25. The van der Waals surface area contributed by atoms with Crippen molar-refractivity contribution >= 4 is 5.97 Å². The van der Waals surface area contributed by atoms with Gasteiger partial charge in [0.25, 0.3) is 0 Å². The Labute approximate surface area is 114 Å². The van der Waals surface area contributed by atoms with Crippen LogP contribution in [-0.2, 0) is 9.53 Å². The fourth-order valence-corrected chi connectivity index (χ4v) is 2.10. The molecule has 1 rings (SSSR count). The van der Waals surface area contributed by atoms with E-state index in [1.165, 1.54) is 0 Å². The Balaban J connectivity index is 3.15. The number of rotatable bonds is 6. The molecule has 0 saturated heterocycles. The van der Waals surface area contributed by atoms with Crippen LogP contribution < -0.4 is 0 Å². The minimum atomic E-state index is -0.622. The smallest absolute Gasteiger partial charge is 0.313 e. The summed E-state index contributed by atoms with van der Waals surface area (Å²) in [6.45, 7) is 5.84. The largest absolute Gasteiger partial charge is 0.507 e. The van der Waals surface area contributed by atoms with Gasteiger partial charge in [-0.25, -0.2) is 0 Å². The summed E-state index contributed by atoms with van der Waals surface area (Å²) in [7, 11) is 0. The summed E-state index contributed by atoms with van der Waals surface area (Å²) < 4.78 is 5.01. The Hall–Kier alpha value is -1.55. The molecule has 0 amide bonds. The molecule has 1 unspecified atom stereocenters. The molecule has 0 aliphatic carbocycles. The van der Waals surface area contributed by atoms with Crippen LogP contribution in [0.5, 0.6) is 5.75 Å². The first kappa shape index (κ1) is 15.5. The summed E-state index contributed by atoms with van der Waals surface area (Å²) in [6, 6.07) is 5.36. The maximum Gasteiger partial charge on any atom is 0.313 e. The number of hydrogen-bond acceptors (Lipinski definition) is 4. The Bertz CT molecular complexity index is 426. The van der Waals surface area contributed by atoms with Gasteiger partial charge in [-0.3, -0.25) is 4.79 Å². The van der Waals surface area contributed by atoms with Gasteiger partial charge in [-0.15, -0.1) is 0 Å². The van der Waals surface area contributed by atoms with Gasteiger partial charge in [0.2, 0.25) is 0 Å². The lowest BCUT2D eigenvalue weighted by Gasteiger charge is -2.19. The van der Waals surface area contributed by atoms with E-state index in [0.29, 0.717) is 5.56 Å². The topological polar surface area (TPSA) is 66.8 Å². The third-order valence-corrected chi connectivity index (χ3v) is 3.08. The molecule has 0 bridgehead atoms. The van der Waals surface area contributed by atoms with Crippen LogP contribution in [0.3, 0.4) is 0 Å². The number of hydrogen-bond donors (Lipinski definition) is 2. The van der Waals surface area contributed by atoms with Gasteiger partial charge in [-0.1, -0.05) is 32.0 Å². The monoisotopic (exact) mass is 266 g/mol. The molecule has 4 heteroatoms. The van der Waals surface area contributed by atoms with E-state index in [2.05, 4.69) is 0 Å². The second kappa shape index (κ2) is 7.14. The van der Waals surface area contributed by atoms with Crippen molar-refractivity contribution in [2.24, 2.45) is 0 Å². The number of ether oxygens (including phenoxy) is 1. The average Bonchev–Trinajstić information content (AvgIpc) is 2.36. The van der Waals surface area contributed by atoms with E-state index in [1.807, 2.05) is 26.0 Å². The third kappa shape index (κ3) is 3.70. The zero-order valence-electron chi connectivity index (χ0n) is 11.7. The SMILES string of the molecule is CCOC(=O)C(CCO)c1cccc(C(C)C)c1O. The zero-order chi connectivity index (χ0) is 14.4. The molecule has 0 saturated carbocycles. The highest BCUT2D eigenvalue weighted by Crippen LogP contribution is 2.35. The van der Waals surface area contributed by atoms with Crippen LogP contribution in [-0.4, -0.2) is 29.4 Å².